The molecule has 1 N–H and O–H groups in total. The Kier molecular flexibility index (Phi) is 4.90. The highest BCUT2D eigenvalue weighted by Gasteiger charge is 2.12. The van der Waals surface area contributed by atoms with Crippen molar-refractivity contribution in [3.05, 3.63) is 84.7 Å². The third kappa shape index (κ3) is 3.86. The SMILES string of the molecule is Cc1nc2ccccc2n1C[C@H](O)COc1ccc(-c2ccccc2)cc1. The first-order valence-electron chi connectivity index (χ1n) is 9.09. The molecule has 0 unspecified atom stereocenters. The number of rotatable bonds is 6. The molecule has 136 valence electrons. The summed E-state index contributed by atoms with van der Waals surface area (Å²) in [6, 6.07) is 26.1. The molecule has 3 aromatic carbocycles. The van der Waals surface area contributed by atoms with Gasteiger partial charge in [0.15, 0.2) is 0 Å². The zero-order valence-corrected chi connectivity index (χ0v) is 15.2. The summed E-state index contributed by atoms with van der Waals surface area (Å²) in [5.41, 5.74) is 4.29. The summed E-state index contributed by atoms with van der Waals surface area (Å²) in [5, 5.41) is 10.4. The van der Waals surface area contributed by atoms with Gasteiger partial charge in [-0.1, -0.05) is 54.6 Å². The van der Waals surface area contributed by atoms with E-state index in [1.165, 1.54) is 5.56 Å². The molecule has 0 amide bonds. The van der Waals surface area contributed by atoms with Gasteiger partial charge in [0.2, 0.25) is 0 Å². The van der Waals surface area contributed by atoms with E-state index in [0.717, 1.165) is 28.2 Å². The second kappa shape index (κ2) is 7.64. The van der Waals surface area contributed by atoms with E-state index < -0.39 is 6.10 Å². The molecule has 0 fully saturated rings. The molecule has 1 aromatic heterocycles. The number of aromatic nitrogens is 2. The molecule has 1 atom stereocenters. The Bertz CT molecular complexity index is 1020. The van der Waals surface area contributed by atoms with Crippen molar-refractivity contribution < 1.29 is 9.84 Å². The van der Waals surface area contributed by atoms with Crippen molar-refractivity contribution in [2.24, 2.45) is 0 Å². The Morgan fingerprint density at radius 2 is 1.56 bits per heavy atom. The molecule has 0 aliphatic heterocycles. The predicted octanol–water partition coefficient (Wildman–Crippen LogP) is 4.45. The van der Waals surface area contributed by atoms with Gasteiger partial charge in [0, 0.05) is 0 Å². The third-order valence-electron chi connectivity index (χ3n) is 4.64. The minimum absolute atomic E-state index is 0.233. The van der Waals surface area contributed by atoms with Gasteiger partial charge in [-0.25, -0.2) is 4.98 Å². The maximum Gasteiger partial charge on any atom is 0.119 e. The van der Waals surface area contributed by atoms with Crippen molar-refractivity contribution in [1.29, 1.82) is 0 Å². The Morgan fingerprint density at radius 3 is 2.33 bits per heavy atom. The molecule has 0 bridgehead atoms. The number of benzene rings is 3. The average molecular weight is 358 g/mol. The second-order valence-corrected chi connectivity index (χ2v) is 6.61. The van der Waals surface area contributed by atoms with Crippen LogP contribution in [-0.4, -0.2) is 27.4 Å². The van der Waals surface area contributed by atoms with Crippen LogP contribution in [0.4, 0.5) is 0 Å². The van der Waals surface area contributed by atoms with Crippen LogP contribution in [0.5, 0.6) is 5.75 Å². The normalized spacial score (nSPS) is 12.2. The number of para-hydroxylation sites is 2. The molecule has 0 aliphatic rings. The summed E-state index contributed by atoms with van der Waals surface area (Å²) in [6.07, 6.45) is -0.616. The van der Waals surface area contributed by atoms with Gasteiger partial charge in [0.05, 0.1) is 17.6 Å². The van der Waals surface area contributed by atoms with E-state index in [1.54, 1.807) is 0 Å². The van der Waals surface area contributed by atoms with Crippen LogP contribution in [-0.2, 0) is 6.54 Å². The first-order valence-corrected chi connectivity index (χ1v) is 9.09. The molecule has 4 nitrogen and oxygen atoms in total. The van der Waals surface area contributed by atoms with Crippen molar-refractivity contribution in [2.75, 3.05) is 6.61 Å². The maximum atomic E-state index is 10.4. The number of imidazole rings is 1. The summed E-state index contributed by atoms with van der Waals surface area (Å²) < 4.78 is 7.81. The van der Waals surface area contributed by atoms with E-state index >= 15 is 0 Å². The van der Waals surface area contributed by atoms with Crippen LogP contribution in [0.1, 0.15) is 5.82 Å². The standard InChI is InChI=1S/C23H22N2O2/c1-17-24-22-9-5-6-10-23(22)25(17)15-20(26)16-27-21-13-11-19(12-14-21)18-7-3-2-4-8-18/h2-14,20,26H,15-16H2,1H3/t20-/m0/s1. The lowest BCUT2D eigenvalue weighted by Crippen LogP contribution is -2.24. The van der Waals surface area contributed by atoms with E-state index in [2.05, 4.69) is 17.1 Å². The fourth-order valence-electron chi connectivity index (χ4n) is 3.26. The van der Waals surface area contributed by atoms with Crippen molar-refractivity contribution in [3.63, 3.8) is 0 Å². The zero-order valence-electron chi connectivity index (χ0n) is 15.2. The van der Waals surface area contributed by atoms with Crippen LogP contribution in [0.3, 0.4) is 0 Å². The van der Waals surface area contributed by atoms with E-state index in [-0.39, 0.29) is 6.61 Å². The summed E-state index contributed by atoms with van der Waals surface area (Å²) in [7, 11) is 0. The first kappa shape index (κ1) is 17.3. The Labute approximate surface area is 158 Å². The number of nitrogens with zero attached hydrogens (tertiary/aromatic N) is 2. The average Bonchev–Trinajstić information content (AvgIpc) is 3.03. The number of aryl methyl sites for hydroxylation is 1. The molecule has 4 heteroatoms. The zero-order chi connectivity index (χ0) is 18.6. The summed E-state index contributed by atoms with van der Waals surface area (Å²) >= 11 is 0. The molecule has 4 aromatic rings. The topological polar surface area (TPSA) is 47.3 Å². The van der Waals surface area contributed by atoms with E-state index in [0.29, 0.717) is 6.54 Å². The Hall–Kier alpha value is -3.11. The smallest absolute Gasteiger partial charge is 0.119 e. The summed E-state index contributed by atoms with van der Waals surface area (Å²) in [6.45, 7) is 2.64. The Morgan fingerprint density at radius 1 is 0.889 bits per heavy atom. The molecule has 1 heterocycles. The highest BCUT2D eigenvalue weighted by Crippen LogP contribution is 2.22. The summed E-state index contributed by atoms with van der Waals surface area (Å²) in [5.74, 6) is 1.64. The number of aliphatic hydroxyl groups excluding tert-OH is 1. The first-order chi connectivity index (χ1) is 13.2. The van der Waals surface area contributed by atoms with Crippen LogP contribution in [0.15, 0.2) is 78.9 Å². The van der Waals surface area contributed by atoms with Crippen LogP contribution >= 0.6 is 0 Å². The van der Waals surface area contributed by atoms with Gasteiger partial charge in [-0.15, -0.1) is 0 Å². The highest BCUT2D eigenvalue weighted by molar-refractivity contribution is 5.75. The minimum Gasteiger partial charge on any atom is -0.491 e. The number of hydrogen-bond acceptors (Lipinski definition) is 3. The van der Waals surface area contributed by atoms with Crippen LogP contribution in [0.2, 0.25) is 0 Å². The molecule has 0 saturated carbocycles. The second-order valence-electron chi connectivity index (χ2n) is 6.61. The van der Waals surface area contributed by atoms with Crippen LogP contribution < -0.4 is 4.74 Å². The fraction of sp³-hybridized carbons (Fsp3) is 0.174. The summed E-state index contributed by atoms with van der Waals surface area (Å²) in [4.78, 5) is 4.53. The van der Waals surface area contributed by atoms with Gasteiger partial charge >= 0.3 is 0 Å². The fourth-order valence-corrected chi connectivity index (χ4v) is 3.26. The van der Waals surface area contributed by atoms with Crippen molar-refractivity contribution in [2.45, 2.75) is 19.6 Å². The molecule has 0 aliphatic carbocycles. The number of aliphatic hydroxyl groups is 1. The van der Waals surface area contributed by atoms with E-state index in [1.807, 2.05) is 78.2 Å². The van der Waals surface area contributed by atoms with Crippen molar-refractivity contribution in [1.82, 2.24) is 9.55 Å². The largest absolute Gasteiger partial charge is 0.491 e. The van der Waals surface area contributed by atoms with Crippen LogP contribution in [0.25, 0.3) is 22.2 Å². The highest BCUT2D eigenvalue weighted by atomic mass is 16.5. The van der Waals surface area contributed by atoms with E-state index in [4.69, 9.17) is 4.74 Å². The molecule has 0 saturated heterocycles. The lowest BCUT2D eigenvalue weighted by molar-refractivity contribution is 0.0929. The number of fused-ring (bicyclic) bond motifs is 1. The monoisotopic (exact) mass is 358 g/mol. The molecular weight excluding hydrogens is 336 g/mol. The Balaban J connectivity index is 1.39. The predicted molar refractivity (Wildman–Crippen MR) is 108 cm³/mol. The van der Waals surface area contributed by atoms with Crippen molar-refractivity contribution >= 4 is 11.0 Å². The molecule has 27 heavy (non-hydrogen) atoms. The lowest BCUT2D eigenvalue weighted by Gasteiger charge is -2.15. The molecular formula is C23H22N2O2. The van der Waals surface area contributed by atoms with Gasteiger partial charge in [0.1, 0.15) is 24.3 Å². The molecule has 4 rings (SSSR count). The van der Waals surface area contributed by atoms with Gasteiger partial charge in [-0.05, 0) is 42.3 Å². The van der Waals surface area contributed by atoms with E-state index in [9.17, 15) is 5.11 Å². The third-order valence-corrected chi connectivity index (χ3v) is 4.64. The lowest BCUT2D eigenvalue weighted by atomic mass is 10.1. The van der Waals surface area contributed by atoms with Gasteiger partial charge in [-0.2, -0.15) is 0 Å². The van der Waals surface area contributed by atoms with Crippen LogP contribution in [0, 0.1) is 6.92 Å². The molecule has 0 spiro atoms. The van der Waals surface area contributed by atoms with Gasteiger partial charge in [0.25, 0.3) is 0 Å². The number of hydrogen-bond donors (Lipinski definition) is 1. The number of ether oxygens (including phenoxy) is 1. The van der Waals surface area contributed by atoms with Gasteiger partial charge in [-0.3, -0.25) is 0 Å². The van der Waals surface area contributed by atoms with Crippen molar-refractivity contribution in [3.8, 4) is 16.9 Å². The van der Waals surface area contributed by atoms with Gasteiger partial charge < -0.3 is 14.4 Å². The maximum absolute atomic E-state index is 10.4. The minimum atomic E-state index is -0.616. The molecule has 0 radical (unpaired) electrons. The quantitative estimate of drug-likeness (QED) is 0.554.